The SMILES string of the molecule is CC(CNC(=O)c1cc(Cl)cc(Br)c1)N(C)C1CC1. The van der Waals surface area contributed by atoms with Gasteiger partial charge in [0.15, 0.2) is 0 Å². The first kappa shape index (κ1) is 14.8. The van der Waals surface area contributed by atoms with Crippen LogP contribution in [0.2, 0.25) is 5.02 Å². The minimum absolute atomic E-state index is 0.0840. The minimum atomic E-state index is -0.0840. The summed E-state index contributed by atoms with van der Waals surface area (Å²) in [4.78, 5) is 14.4. The Kier molecular flexibility index (Phi) is 4.87. The molecular weight excluding hydrogens is 328 g/mol. The second-order valence-corrected chi connectivity index (χ2v) is 6.47. The zero-order valence-electron chi connectivity index (χ0n) is 11.1. The average molecular weight is 346 g/mol. The Hall–Kier alpha value is -0.580. The van der Waals surface area contributed by atoms with E-state index in [1.165, 1.54) is 12.8 Å². The molecule has 0 heterocycles. The first-order valence-corrected chi connectivity index (χ1v) is 7.60. The van der Waals surface area contributed by atoms with Gasteiger partial charge < -0.3 is 5.32 Å². The lowest BCUT2D eigenvalue weighted by molar-refractivity contribution is 0.0939. The van der Waals surface area contributed by atoms with Crippen molar-refractivity contribution < 1.29 is 4.79 Å². The van der Waals surface area contributed by atoms with Crippen molar-refractivity contribution in [3.63, 3.8) is 0 Å². The third kappa shape index (κ3) is 4.20. The molecule has 0 spiro atoms. The number of rotatable bonds is 5. The fourth-order valence-electron chi connectivity index (χ4n) is 2.01. The molecule has 1 saturated carbocycles. The standard InChI is InChI=1S/C14H18BrClN2O/c1-9(18(2)13-3-4-13)8-17-14(19)10-5-11(15)7-12(16)6-10/h5-7,9,13H,3-4,8H2,1-2H3,(H,17,19). The Labute approximate surface area is 127 Å². The summed E-state index contributed by atoms with van der Waals surface area (Å²) in [6.07, 6.45) is 2.55. The van der Waals surface area contributed by atoms with E-state index >= 15 is 0 Å². The van der Waals surface area contributed by atoms with Gasteiger partial charge in [0.2, 0.25) is 0 Å². The summed E-state index contributed by atoms with van der Waals surface area (Å²) in [5.74, 6) is -0.0840. The second kappa shape index (κ2) is 6.25. The monoisotopic (exact) mass is 344 g/mol. The van der Waals surface area contributed by atoms with E-state index in [0.717, 1.165) is 4.47 Å². The molecule has 0 saturated heterocycles. The van der Waals surface area contributed by atoms with Gasteiger partial charge in [-0.05, 0) is 45.0 Å². The van der Waals surface area contributed by atoms with Crippen LogP contribution in [-0.2, 0) is 0 Å². The number of carbonyl (C=O) groups excluding carboxylic acids is 1. The van der Waals surface area contributed by atoms with Gasteiger partial charge in [-0.25, -0.2) is 0 Å². The summed E-state index contributed by atoms with van der Waals surface area (Å²) >= 11 is 9.28. The molecule has 19 heavy (non-hydrogen) atoms. The van der Waals surface area contributed by atoms with Crippen LogP contribution in [0.3, 0.4) is 0 Å². The van der Waals surface area contributed by atoms with Gasteiger partial charge in [-0.15, -0.1) is 0 Å². The van der Waals surface area contributed by atoms with Crippen molar-refractivity contribution >= 4 is 33.4 Å². The van der Waals surface area contributed by atoms with Gasteiger partial charge >= 0.3 is 0 Å². The first-order chi connectivity index (χ1) is 8.97. The highest BCUT2D eigenvalue weighted by Gasteiger charge is 2.29. The molecule has 1 unspecified atom stereocenters. The summed E-state index contributed by atoms with van der Waals surface area (Å²) in [5, 5.41) is 3.51. The number of amides is 1. The van der Waals surface area contributed by atoms with Gasteiger partial charge in [-0.3, -0.25) is 9.69 Å². The number of halogens is 2. The van der Waals surface area contributed by atoms with Gasteiger partial charge in [0.1, 0.15) is 0 Å². The molecule has 1 aromatic rings. The third-order valence-electron chi connectivity index (χ3n) is 3.50. The number of nitrogens with zero attached hydrogens (tertiary/aromatic N) is 1. The minimum Gasteiger partial charge on any atom is -0.350 e. The van der Waals surface area contributed by atoms with E-state index in [1.807, 2.05) is 0 Å². The average Bonchev–Trinajstić information content (AvgIpc) is 3.17. The van der Waals surface area contributed by atoms with E-state index in [4.69, 9.17) is 11.6 Å². The highest BCUT2D eigenvalue weighted by atomic mass is 79.9. The molecule has 1 N–H and O–H groups in total. The van der Waals surface area contributed by atoms with Crippen LogP contribution < -0.4 is 5.32 Å². The maximum atomic E-state index is 12.1. The third-order valence-corrected chi connectivity index (χ3v) is 4.18. The molecule has 1 amide bonds. The number of carbonyl (C=O) groups is 1. The summed E-state index contributed by atoms with van der Waals surface area (Å²) in [6, 6.07) is 6.26. The van der Waals surface area contributed by atoms with Gasteiger partial charge in [0, 0.05) is 33.7 Å². The quantitative estimate of drug-likeness (QED) is 0.888. The lowest BCUT2D eigenvalue weighted by Gasteiger charge is -2.24. The maximum Gasteiger partial charge on any atom is 0.251 e. The molecule has 2 rings (SSSR count). The number of benzene rings is 1. The Morgan fingerprint density at radius 2 is 2.21 bits per heavy atom. The van der Waals surface area contributed by atoms with Crippen LogP contribution in [-0.4, -0.2) is 36.5 Å². The highest BCUT2D eigenvalue weighted by molar-refractivity contribution is 9.10. The molecule has 5 heteroatoms. The maximum absolute atomic E-state index is 12.1. The predicted octanol–water partition coefficient (Wildman–Crippen LogP) is 3.32. The van der Waals surface area contributed by atoms with Gasteiger partial charge in [-0.2, -0.15) is 0 Å². The number of nitrogens with one attached hydrogen (secondary N) is 1. The van der Waals surface area contributed by atoms with Crippen molar-refractivity contribution in [3.05, 3.63) is 33.3 Å². The molecule has 1 aromatic carbocycles. The molecule has 1 aliphatic carbocycles. The van der Waals surface area contributed by atoms with Crippen LogP contribution in [0.25, 0.3) is 0 Å². The van der Waals surface area contributed by atoms with Crippen molar-refractivity contribution in [2.75, 3.05) is 13.6 Å². The lowest BCUT2D eigenvalue weighted by atomic mass is 10.2. The molecule has 0 aliphatic heterocycles. The fraction of sp³-hybridized carbons (Fsp3) is 0.500. The number of hydrogen-bond donors (Lipinski definition) is 1. The number of likely N-dealkylation sites (N-methyl/N-ethyl adjacent to an activating group) is 1. The van der Waals surface area contributed by atoms with Crippen molar-refractivity contribution in [1.29, 1.82) is 0 Å². The highest BCUT2D eigenvalue weighted by Crippen LogP contribution is 2.26. The zero-order valence-corrected chi connectivity index (χ0v) is 13.5. The van der Waals surface area contributed by atoms with Crippen LogP contribution in [0, 0.1) is 0 Å². The Bertz CT molecular complexity index is 456. The lowest BCUT2D eigenvalue weighted by Crippen LogP contribution is -2.41. The van der Waals surface area contributed by atoms with E-state index in [9.17, 15) is 4.79 Å². The van der Waals surface area contributed by atoms with Crippen LogP contribution in [0.5, 0.6) is 0 Å². The van der Waals surface area contributed by atoms with Crippen molar-refractivity contribution in [1.82, 2.24) is 10.2 Å². The van der Waals surface area contributed by atoms with Crippen molar-refractivity contribution in [2.45, 2.75) is 31.8 Å². The largest absolute Gasteiger partial charge is 0.350 e. The summed E-state index contributed by atoms with van der Waals surface area (Å²) in [5.41, 5.74) is 0.584. The van der Waals surface area contributed by atoms with Crippen LogP contribution in [0.1, 0.15) is 30.1 Å². The molecule has 3 nitrogen and oxygen atoms in total. The van der Waals surface area contributed by atoms with Crippen LogP contribution in [0.15, 0.2) is 22.7 Å². The Morgan fingerprint density at radius 1 is 1.53 bits per heavy atom. The van der Waals surface area contributed by atoms with Gasteiger partial charge in [0.05, 0.1) is 0 Å². The van der Waals surface area contributed by atoms with E-state index in [-0.39, 0.29) is 5.91 Å². The summed E-state index contributed by atoms with van der Waals surface area (Å²) < 4.78 is 0.813. The van der Waals surface area contributed by atoms with Gasteiger partial charge in [0.25, 0.3) is 5.91 Å². The van der Waals surface area contributed by atoms with Crippen LogP contribution >= 0.6 is 27.5 Å². The first-order valence-electron chi connectivity index (χ1n) is 6.43. The molecular formula is C14H18BrClN2O. The molecule has 1 aliphatic rings. The molecule has 0 radical (unpaired) electrons. The zero-order chi connectivity index (χ0) is 14.0. The molecule has 104 valence electrons. The molecule has 1 fully saturated rings. The normalized spacial score (nSPS) is 16.5. The Morgan fingerprint density at radius 3 is 2.79 bits per heavy atom. The summed E-state index contributed by atoms with van der Waals surface area (Å²) in [6.45, 7) is 2.78. The summed E-state index contributed by atoms with van der Waals surface area (Å²) in [7, 11) is 2.12. The van der Waals surface area contributed by atoms with E-state index in [2.05, 4.69) is 40.1 Å². The molecule has 0 aromatic heterocycles. The fourth-order valence-corrected chi connectivity index (χ4v) is 2.87. The smallest absolute Gasteiger partial charge is 0.251 e. The van der Waals surface area contributed by atoms with E-state index < -0.39 is 0 Å². The van der Waals surface area contributed by atoms with Crippen molar-refractivity contribution in [2.24, 2.45) is 0 Å². The van der Waals surface area contributed by atoms with Crippen LogP contribution in [0.4, 0.5) is 0 Å². The molecule has 0 bridgehead atoms. The van der Waals surface area contributed by atoms with Crippen molar-refractivity contribution in [3.8, 4) is 0 Å². The Balaban J connectivity index is 1.89. The van der Waals surface area contributed by atoms with Gasteiger partial charge in [-0.1, -0.05) is 27.5 Å². The predicted molar refractivity (Wildman–Crippen MR) is 81.7 cm³/mol. The topological polar surface area (TPSA) is 32.3 Å². The molecule has 1 atom stereocenters. The second-order valence-electron chi connectivity index (χ2n) is 5.11. The number of hydrogen-bond acceptors (Lipinski definition) is 2. The van der Waals surface area contributed by atoms with E-state index in [1.54, 1.807) is 18.2 Å². The van der Waals surface area contributed by atoms with E-state index in [0.29, 0.717) is 29.2 Å².